The molecule has 4 nitrogen and oxygen atoms in total. The lowest BCUT2D eigenvalue weighted by atomic mass is 10.0. The Hall–Kier alpha value is -2.38. The van der Waals surface area contributed by atoms with E-state index in [2.05, 4.69) is 35.4 Å². The van der Waals surface area contributed by atoms with Crippen molar-refractivity contribution in [2.45, 2.75) is 6.42 Å². The minimum atomic E-state index is 0.605. The van der Waals surface area contributed by atoms with Crippen molar-refractivity contribution in [3.05, 3.63) is 48.2 Å². The van der Waals surface area contributed by atoms with E-state index >= 15 is 0 Å². The van der Waals surface area contributed by atoms with Gasteiger partial charge in [-0.3, -0.25) is 0 Å². The third-order valence-corrected chi connectivity index (χ3v) is 3.22. The van der Waals surface area contributed by atoms with Crippen LogP contribution in [0.1, 0.15) is 12.0 Å². The van der Waals surface area contributed by atoms with Gasteiger partial charge in [0.15, 0.2) is 0 Å². The van der Waals surface area contributed by atoms with E-state index in [0.717, 1.165) is 30.6 Å². The van der Waals surface area contributed by atoms with E-state index in [0.29, 0.717) is 11.4 Å². The van der Waals surface area contributed by atoms with E-state index in [-0.39, 0.29) is 0 Å². The number of hydrogen-bond acceptors (Lipinski definition) is 4. The maximum atomic E-state index is 9.47. The Balaban J connectivity index is 2.18. The van der Waals surface area contributed by atoms with Crippen LogP contribution >= 0.6 is 0 Å². The molecule has 0 spiro atoms. The van der Waals surface area contributed by atoms with Crippen LogP contribution in [0.5, 0.6) is 0 Å². The Morgan fingerprint density at radius 3 is 2.62 bits per heavy atom. The molecule has 0 aliphatic heterocycles. The summed E-state index contributed by atoms with van der Waals surface area (Å²) < 4.78 is 0. The minimum absolute atomic E-state index is 0.605. The molecule has 108 valence electrons. The molecule has 0 fully saturated rings. The Morgan fingerprint density at radius 1 is 1.19 bits per heavy atom. The number of anilines is 1. The van der Waals surface area contributed by atoms with Crippen molar-refractivity contribution in [1.82, 2.24) is 9.88 Å². The van der Waals surface area contributed by atoms with Crippen LogP contribution in [-0.2, 0) is 0 Å². The molecule has 0 aliphatic carbocycles. The standard InChI is InChI=1S/C17H20N4/c1-21(2)12-6-10-19-17-16(13-18)15(9-11-20-17)14-7-4-3-5-8-14/h3-5,7-9,11H,6,10,12H2,1-2H3,(H,19,20). The Bertz CT molecular complexity index is 614. The molecule has 1 aromatic carbocycles. The van der Waals surface area contributed by atoms with Crippen molar-refractivity contribution in [3.63, 3.8) is 0 Å². The molecule has 0 unspecified atom stereocenters. The van der Waals surface area contributed by atoms with Gasteiger partial charge in [0.2, 0.25) is 0 Å². The number of benzene rings is 1. The second-order valence-electron chi connectivity index (χ2n) is 5.14. The number of nitriles is 1. The monoisotopic (exact) mass is 280 g/mol. The molecular formula is C17H20N4. The molecule has 0 radical (unpaired) electrons. The Kier molecular flexibility index (Phi) is 5.30. The second kappa shape index (κ2) is 7.41. The van der Waals surface area contributed by atoms with Crippen molar-refractivity contribution in [3.8, 4) is 17.2 Å². The third kappa shape index (κ3) is 4.04. The quantitative estimate of drug-likeness (QED) is 0.826. The van der Waals surface area contributed by atoms with Crippen LogP contribution in [-0.4, -0.2) is 37.1 Å². The van der Waals surface area contributed by atoms with Crippen LogP contribution in [0.25, 0.3) is 11.1 Å². The van der Waals surface area contributed by atoms with E-state index in [9.17, 15) is 5.26 Å². The van der Waals surface area contributed by atoms with Gasteiger partial charge in [-0.25, -0.2) is 4.98 Å². The molecule has 1 aromatic heterocycles. The van der Waals surface area contributed by atoms with Gasteiger partial charge >= 0.3 is 0 Å². The topological polar surface area (TPSA) is 52.0 Å². The summed E-state index contributed by atoms with van der Waals surface area (Å²) in [6.07, 6.45) is 2.76. The molecule has 0 aliphatic rings. The number of hydrogen-bond donors (Lipinski definition) is 1. The van der Waals surface area contributed by atoms with Crippen molar-refractivity contribution >= 4 is 5.82 Å². The number of nitrogens with zero attached hydrogens (tertiary/aromatic N) is 3. The summed E-state index contributed by atoms with van der Waals surface area (Å²) in [5, 5.41) is 12.7. The van der Waals surface area contributed by atoms with Gasteiger partial charge in [0.25, 0.3) is 0 Å². The maximum Gasteiger partial charge on any atom is 0.144 e. The summed E-state index contributed by atoms with van der Waals surface area (Å²) >= 11 is 0. The van der Waals surface area contributed by atoms with Gasteiger partial charge in [0, 0.05) is 18.3 Å². The lowest BCUT2D eigenvalue weighted by Crippen LogP contribution is -2.17. The Labute approximate surface area is 126 Å². The second-order valence-corrected chi connectivity index (χ2v) is 5.14. The van der Waals surface area contributed by atoms with Gasteiger partial charge in [-0.1, -0.05) is 30.3 Å². The first-order valence-electron chi connectivity index (χ1n) is 7.05. The zero-order valence-electron chi connectivity index (χ0n) is 12.5. The zero-order valence-corrected chi connectivity index (χ0v) is 12.5. The Morgan fingerprint density at radius 2 is 1.95 bits per heavy atom. The SMILES string of the molecule is CN(C)CCCNc1nccc(-c2ccccc2)c1C#N. The average Bonchev–Trinajstić information content (AvgIpc) is 2.52. The first-order valence-corrected chi connectivity index (χ1v) is 7.05. The summed E-state index contributed by atoms with van der Waals surface area (Å²) in [5.41, 5.74) is 2.56. The van der Waals surface area contributed by atoms with Gasteiger partial charge in [-0.15, -0.1) is 0 Å². The molecule has 2 rings (SSSR count). The van der Waals surface area contributed by atoms with E-state index in [1.54, 1.807) is 6.20 Å². The summed E-state index contributed by atoms with van der Waals surface area (Å²) in [6.45, 7) is 1.81. The van der Waals surface area contributed by atoms with E-state index in [4.69, 9.17) is 0 Å². The van der Waals surface area contributed by atoms with Crippen molar-refractivity contribution in [2.75, 3.05) is 32.5 Å². The van der Waals surface area contributed by atoms with Crippen molar-refractivity contribution in [1.29, 1.82) is 5.26 Å². The molecule has 21 heavy (non-hydrogen) atoms. The highest BCUT2D eigenvalue weighted by Crippen LogP contribution is 2.26. The summed E-state index contributed by atoms with van der Waals surface area (Å²) in [4.78, 5) is 6.44. The molecule has 4 heteroatoms. The first kappa shape index (κ1) is 15.0. The summed E-state index contributed by atoms with van der Waals surface area (Å²) in [5.74, 6) is 0.664. The first-order chi connectivity index (χ1) is 10.2. The number of pyridine rings is 1. The van der Waals surface area contributed by atoms with Gasteiger partial charge in [0.05, 0.1) is 0 Å². The lowest BCUT2D eigenvalue weighted by Gasteiger charge is -2.12. The largest absolute Gasteiger partial charge is 0.369 e. The van der Waals surface area contributed by atoms with E-state index in [1.807, 2.05) is 36.4 Å². The highest BCUT2D eigenvalue weighted by molar-refractivity contribution is 5.75. The molecule has 0 atom stereocenters. The predicted molar refractivity (Wildman–Crippen MR) is 86.0 cm³/mol. The van der Waals surface area contributed by atoms with Crippen LogP contribution in [0, 0.1) is 11.3 Å². The fourth-order valence-corrected chi connectivity index (χ4v) is 2.17. The third-order valence-electron chi connectivity index (χ3n) is 3.22. The van der Waals surface area contributed by atoms with Gasteiger partial charge in [0.1, 0.15) is 17.5 Å². The minimum Gasteiger partial charge on any atom is -0.369 e. The molecule has 0 amide bonds. The van der Waals surface area contributed by atoms with Crippen molar-refractivity contribution in [2.24, 2.45) is 0 Å². The number of nitrogens with one attached hydrogen (secondary N) is 1. The zero-order chi connectivity index (χ0) is 15.1. The van der Waals surface area contributed by atoms with Crippen LogP contribution < -0.4 is 5.32 Å². The van der Waals surface area contributed by atoms with E-state index in [1.165, 1.54) is 0 Å². The molecule has 0 saturated carbocycles. The predicted octanol–water partition coefficient (Wildman–Crippen LogP) is 2.98. The normalized spacial score (nSPS) is 10.4. The highest BCUT2D eigenvalue weighted by atomic mass is 15.1. The number of aromatic nitrogens is 1. The van der Waals surface area contributed by atoms with E-state index < -0.39 is 0 Å². The van der Waals surface area contributed by atoms with Gasteiger partial charge in [-0.2, -0.15) is 5.26 Å². The molecule has 0 saturated heterocycles. The molecule has 2 aromatic rings. The van der Waals surface area contributed by atoms with Gasteiger partial charge < -0.3 is 10.2 Å². The smallest absolute Gasteiger partial charge is 0.144 e. The molecule has 1 heterocycles. The fraction of sp³-hybridized carbons (Fsp3) is 0.294. The average molecular weight is 280 g/mol. The van der Waals surface area contributed by atoms with Crippen LogP contribution in [0.15, 0.2) is 42.6 Å². The number of rotatable bonds is 6. The molecule has 1 N–H and O–H groups in total. The van der Waals surface area contributed by atoms with Crippen LogP contribution in [0.3, 0.4) is 0 Å². The van der Waals surface area contributed by atoms with Gasteiger partial charge in [-0.05, 0) is 38.7 Å². The van der Waals surface area contributed by atoms with Crippen LogP contribution in [0.2, 0.25) is 0 Å². The highest BCUT2D eigenvalue weighted by Gasteiger charge is 2.10. The molecule has 0 bridgehead atoms. The maximum absolute atomic E-state index is 9.47. The summed E-state index contributed by atoms with van der Waals surface area (Å²) in [6, 6.07) is 14.1. The van der Waals surface area contributed by atoms with Crippen LogP contribution in [0.4, 0.5) is 5.82 Å². The van der Waals surface area contributed by atoms with Crippen molar-refractivity contribution < 1.29 is 0 Å². The summed E-state index contributed by atoms with van der Waals surface area (Å²) in [7, 11) is 4.10. The fourth-order valence-electron chi connectivity index (χ4n) is 2.17. The molecular weight excluding hydrogens is 260 g/mol. The lowest BCUT2D eigenvalue weighted by molar-refractivity contribution is 0.405.